The Morgan fingerprint density at radius 2 is 2.39 bits per heavy atom. The third-order valence-corrected chi connectivity index (χ3v) is 3.26. The van der Waals surface area contributed by atoms with Crippen LogP contribution in [0, 0.1) is 5.92 Å². The molecule has 2 aromatic rings. The van der Waals surface area contributed by atoms with E-state index in [0.717, 1.165) is 36.2 Å². The fourth-order valence-electron chi connectivity index (χ4n) is 2.00. The topological polar surface area (TPSA) is 67.2 Å². The molecule has 0 atom stereocenters. The molecule has 18 heavy (non-hydrogen) atoms. The van der Waals surface area contributed by atoms with Gasteiger partial charge in [0.2, 0.25) is 5.91 Å². The first-order chi connectivity index (χ1) is 8.83. The Bertz CT molecular complexity index is 560. The predicted octanol–water partition coefficient (Wildman–Crippen LogP) is 0.706. The van der Waals surface area contributed by atoms with E-state index in [0.29, 0.717) is 6.54 Å². The van der Waals surface area contributed by atoms with E-state index in [1.807, 2.05) is 18.2 Å². The second-order valence-corrected chi connectivity index (χ2v) is 4.55. The van der Waals surface area contributed by atoms with Crippen molar-refractivity contribution in [3.63, 3.8) is 0 Å². The molecule has 3 rings (SSSR count). The lowest BCUT2D eigenvalue weighted by Gasteiger charge is -2.25. The molecule has 0 bridgehead atoms. The van der Waals surface area contributed by atoms with Crippen molar-refractivity contribution < 1.29 is 9.21 Å². The Balaban J connectivity index is 1.54. The van der Waals surface area contributed by atoms with Gasteiger partial charge in [-0.05, 0) is 24.1 Å². The van der Waals surface area contributed by atoms with Crippen LogP contribution in [0.2, 0.25) is 0 Å². The molecule has 94 valence electrons. The Hall–Kier alpha value is -1.88. The zero-order chi connectivity index (χ0) is 12.4. The number of nitrogens with zero attached hydrogens (tertiary/aromatic N) is 1. The van der Waals surface area contributed by atoms with Crippen molar-refractivity contribution in [1.29, 1.82) is 0 Å². The molecule has 5 heteroatoms. The quantitative estimate of drug-likeness (QED) is 0.832. The van der Waals surface area contributed by atoms with Crippen LogP contribution in [0.4, 0.5) is 0 Å². The molecule has 0 aliphatic carbocycles. The highest BCUT2D eigenvalue weighted by atomic mass is 16.3. The third-order valence-electron chi connectivity index (χ3n) is 3.26. The van der Waals surface area contributed by atoms with Gasteiger partial charge in [0.1, 0.15) is 5.52 Å². The second kappa shape index (κ2) is 4.78. The maximum atomic E-state index is 11.6. The minimum Gasteiger partial charge on any atom is -0.443 e. The van der Waals surface area contributed by atoms with Gasteiger partial charge >= 0.3 is 0 Å². The molecule has 2 N–H and O–H groups in total. The van der Waals surface area contributed by atoms with Crippen LogP contribution in [-0.4, -0.2) is 30.5 Å². The Kier molecular flexibility index (Phi) is 2.98. The normalized spacial score (nSPS) is 15.6. The summed E-state index contributed by atoms with van der Waals surface area (Å²) in [6.07, 6.45) is 2.25. The zero-order valence-electron chi connectivity index (χ0n) is 9.98. The second-order valence-electron chi connectivity index (χ2n) is 4.55. The van der Waals surface area contributed by atoms with Crippen LogP contribution in [0.3, 0.4) is 0 Å². The van der Waals surface area contributed by atoms with Crippen molar-refractivity contribution >= 4 is 17.0 Å². The maximum Gasteiger partial charge on any atom is 0.225 e. The Labute approximate surface area is 105 Å². The van der Waals surface area contributed by atoms with E-state index < -0.39 is 0 Å². The number of nitrogens with one attached hydrogen (secondary N) is 2. The van der Waals surface area contributed by atoms with Gasteiger partial charge < -0.3 is 15.1 Å². The first kappa shape index (κ1) is 11.2. The molecule has 1 aliphatic heterocycles. The molecular formula is C13H15N3O2. The molecule has 1 saturated heterocycles. The highest BCUT2D eigenvalue weighted by molar-refractivity contribution is 5.80. The summed E-state index contributed by atoms with van der Waals surface area (Å²) in [5, 5.41) is 6.04. The SMILES string of the molecule is O=C(NCCc1ccc2ncoc2c1)C1CNC1. The number of carbonyl (C=O) groups is 1. The van der Waals surface area contributed by atoms with Crippen molar-refractivity contribution in [2.45, 2.75) is 6.42 Å². The standard InChI is InChI=1S/C13H15N3O2/c17-13(10-6-14-7-10)15-4-3-9-1-2-11-12(5-9)18-8-16-11/h1-2,5,8,10,14H,3-4,6-7H2,(H,15,17). The van der Waals surface area contributed by atoms with Crippen LogP contribution in [-0.2, 0) is 11.2 Å². The van der Waals surface area contributed by atoms with Crippen LogP contribution in [0.25, 0.3) is 11.1 Å². The molecule has 1 aromatic carbocycles. The average Bonchev–Trinajstić information content (AvgIpc) is 2.73. The summed E-state index contributed by atoms with van der Waals surface area (Å²) in [6.45, 7) is 2.26. The zero-order valence-corrected chi connectivity index (χ0v) is 9.98. The number of benzene rings is 1. The van der Waals surface area contributed by atoms with Gasteiger partial charge in [-0.15, -0.1) is 0 Å². The van der Waals surface area contributed by atoms with E-state index in [-0.39, 0.29) is 11.8 Å². The minimum atomic E-state index is 0.148. The maximum absolute atomic E-state index is 11.6. The van der Waals surface area contributed by atoms with Gasteiger partial charge in [-0.2, -0.15) is 0 Å². The summed E-state index contributed by atoms with van der Waals surface area (Å²) >= 11 is 0. The number of carbonyl (C=O) groups excluding carboxylic acids is 1. The first-order valence-corrected chi connectivity index (χ1v) is 6.13. The molecule has 0 unspecified atom stereocenters. The van der Waals surface area contributed by atoms with E-state index in [9.17, 15) is 4.79 Å². The number of hydrogen-bond donors (Lipinski definition) is 2. The lowest BCUT2D eigenvalue weighted by Crippen LogP contribution is -2.51. The molecule has 5 nitrogen and oxygen atoms in total. The number of amides is 1. The molecular weight excluding hydrogens is 230 g/mol. The number of fused-ring (bicyclic) bond motifs is 1. The van der Waals surface area contributed by atoms with Crippen molar-refractivity contribution in [1.82, 2.24) is 15.6 Å². The summed E-state index contributed by atoms with van der Waals surface area (Å²) in [7, 11) is 0. The van der Waals surface area contributed by atoms with Gasteiger partial charge in [-0.3, -0.25) is 4.79 Å². The number of hydrogen-bond acceptors (Lipinski definition) is 4. The van der Waals surface area contributed by atoms with Crippen LogP contribution in [0.1, 0.15) is 5.56 Å². The molecule has 0 saturated carbocycles. The van der Waals surface area contributed by atoms with Crippen molar-refractivity contribution in [3.8, 4) is 0 Å². The first-order valence-electron chi connectivity index (χ1n) is 6.13. The molecule has 2 heterocycles. The largest absolute Gasteiger partial charge is 0.443 e. The van der Waals surface area contributed by atoms with Gasteiger partial charge in [-0.25, -0.2) is 4.98 Å². The average molecular weight is 245 g/mol. The fourth-order valence-corrected chi connectivity index (χ4v) is 2.00. The molecule has 1 aliphatic rings. The van der Waals surface area contributed by atoms with Crippen LogP contribution in [0.5, 0.6) is 0 Å². The summed E-state index contributed by atoms with van der Waals surface area (Å²) in [5.74, 6) is 0.302. The van der Waals surface area contributed by atoms with E-state index in [1.165, 1.54) is 6.39 Å². The summed E-state index contributed by atoms with van der Waals surface area (Å²) < 4.78 is 5.24. The van der Waals surface area contributed by atoms with Gasteiger partial charge in [-0.1, -0.05) is 6.07 Å². The lowest BCUT2D eigenvalue weighted by atomic mass is 10.0. The smallest absolute Gasteiger partial charge is 0.225 e. The van der Waals surface area contributed by atoms with Crippen LogP contribution in [0.15, 0.2) is 29.0 Å². The van der Waals surface area contributed by atoms with Gasteiger partial charge in [0.15, 0.2) is 12.0 Å². The molecule has 1 amide bonds. The Morgan fingerprint density at radius 3 is 3.17 bits per heavy atom. The highest BCUT2D eigenvalue weighted by Crippen LogP contribution is 2.14. The third kappa shape index (κ3) is 2.22. The minimum absolute atomic E-state index is 0.148. The number of oxazole rings is 1. The van der Waals surface area contributed by atoms with E-state index in [1.54, 1.807) is 0 Å². The van der Waals surface area contributed by atoms with E-state index in [4.69, 9.17) is 4.42 Å². The van der Waals surface area contributed by atoms with Gasteiger partial charge in [0.05, 0.1) is 5.92 Å². The van der Waals surface area contributed by atoms with Crippen LogP contribution < -0.4 is 10.6 Å². The Morgan fingerprint density at radius 1 is 1.50 bits per heavy atom. The van der Waals surface area contributed by atoms with Crippen LogP contribution >= 0.6 is 0 Å². The molecule has 1 aromatic heterocycles. The van der Waals surface area contributed by atoms with Crippen molar-refractivity contribution in [3.05, 3.63) is 30.2 Å². The van der Waals surface area contributed by atoms with Gasteiger partial charge in [0.25, 0.3) is 0 Å². The predicted molar refractivity (Wildman–Crippen MR) is 67.1 cm³/mol. The molecule has 1 fully saturated rings. The monoisotopic (exact) mass is 245 g/mol. The summed E-state index contributed by atoms with van der Waals surface area (Å²) in [4.78, 5) is 15.7. The summed E-state index contributed by atoms with van der Waals surface area (Å²) in [6, 6.07) is 5.92. The van der Waals surface area contributed by atoms with E-state index >= 15 is 0 Å². The highest BCUT2D eigenvalue weighted by Gasteiger charge is 2.23. The summed E-state index contributed by atoms with van der Waals surface area (Å²) in [5.41, 5.74) is 2.80. The van der Waals surface area contributed by atoms with Crippen molar-refractivity contribution in [2.24, 2.45) is 5.92 Å². The number of aromatic nitrogens is 1. The molecule has 0 spiro atoms. The van der Waals surface area contributed by atoms with Gasteiger partial charge in [0, 0.05) is 19.6 Å². The van der Waals surface area contributed by atoms with E-state index in [2.05, 4.69) is 15.6 Å². The lowest BCUT2D eigenvalue weighted by molar-refractivity contribution is -0.126. The number of rotatable bonds is 4. The molecule has 0 radical (unpaired) electrons. The fraction of sp³-hybridized carbons (Fsp3) is 0.385. The van der Waals surface area contributed by atoms with Crippen molar-refractivity contribution in [2.75, 3.05) is 19.6 Å².